The highest BCUT2D eigenvalue weighted by atomic mass is 14.9. The molecule has 0 spiro atoms. The Labute approximate surface area is 125 Å². The van der Waals surface area contributed by atoms with Gasteiger partial charge in [-0.05, 0) is 44.6 Å². The van der Waals surface area contributed by atoms with E-state index in [1.807, 2.05) is 0 Å². The van der Waals surface area contributed by atoms with Crippen LogP contribution >= 0.6 is 0 Å². The molecule has 0 radical (unpaired) electrons. The summed E-state index contributed by atoms with van der Waals surface area (Å²) in [5.41, 5.74) is 2.77. The van der Waals surface area contributed by atoms with Crippen molar-refractivity contribution in [1.29, 1.82) is 0 Å². The summed E-state index contributed by atoms with van der Waals surface area (Å²) in [5, 5.41) is 3.86. The number of benzene rings is 1. The molecule has 0 aliphatic heterocycles. The van der Waals surface area contributed by atoms with Crippen LogP contribution in [-0.2, 0) is 0 Å². The smallest absolute Gasteiger partial charge is 0.0294 e. The SMILES string of the molecule is CCCC1CCCC(NC(C)c2ccc(C)cc2)CC1. The Morgan fingerprint density at radius 2 is 1.85 bits per heavy atom. The highest BCUT2D eigenvalue weighted by Gasteiger charge is 2.19. The van der Waals surface area contributed by atoms with Gasteiger partial charge in [-0.3, -0.25) is 0 Å². The van der Waals surface area contributed by atoms with Crippen molar-refractivity contribution in [2.45, 2.75) is 77.8 Å². The third-order valence-corrected chi connectivity index (χ3v) is 4.85. The lowest BCUT2D eigenvalue weighted by atomic mass is 9.95. The first-order valence-corrected chi connectivity index (χ1v) is 8.51. The van der Waals surface area contributed by atoms with Crippen molar-refractivity contribution in [3.8, 4) is 0 Å². The van der Waals surface area contributed by atoms with Crippen molar-refractivity contribution in [3.63, 3.8) is 0 Å². The first-order chi connectivity index (χ1) is 9.69. The average Bonchev–Trinajstić information content (AvgIpc) is 2.66. The van der Waals surface area contributed by atoms with Gasteiger partial charge in [-0.25, -0.2) is 0 Å². The van der Waals surface area contributed by atoms with Gasteiger partial charge in [0.05, 0.1) is 0 Å². The second kappa shape index (κ2) is 7.83. The molecule has 112 valence electrons. The van der Waals surface area contributed by atoms with E-state index in [0.29, 0.717) is 12.1 Å². The van der Waals surface area contributed by atoms with E-state index in [9.17, 15) is 0 Å². The zero-order valence-electron chi connectivity index (χ0n) is 13.5. The van der Waals surface area contributed by atoms with Crippen LogP contribution in [0.3, 0.4) is 0 Å². The molecule has 1 fully saturated rings. The molecule has 1 N–H and O–H groups in total. The second-order valence-corrected chi connectivity index (χ2v) is 6.66. The summed E-state index contributed by atoms with van der Waals surface area (Å²) in [6, 6.07) is 10.2. The minimum atomic E-state index is 0.475. The maximum absolute atomic E-state index is 3.86. The molecule has 1 aromatic rings. The Morgan fingerprint density at radius 3 is 2.55 bits per heavy atom. The number of hydrogen-bond acceptors (Lipinski definition) is 1. The molecule has 0 saturated heterocycles. The van der Waals surface area contributed by atoms with Gasteiger partial charge in [-0.2, -0.15) is 0 Å². The number of rotatable bonds is 5. The van der Waals surface area contributed by atoms with Crippen molar-refractivity contribution < 1.29 is 0 Å². The molecule has 0 aromatic heterocycles. The third-order valence-electron chi connectivity index (χ3n) is 4.85. The molecule has 3 atom stereocenters. The van der Waals surface area contributed by atoms with Crippen LogP contribution in [0.2, 0.25) is 0 Å². The van der Waals surface area contributed by atoms with Gasteiger partial charge in [0.15, 0.2) is 0 Å². The molecule has 1 nitrogen and oxygen atoms in total. The first kappa shape index (κ1) is 15.6. The van der Waals surface area contributed by atoms with Gasteiger partial charge in [0, 0.05) is 12.1 Å². The maximum atomic E-state index is 3.86. The molecule has 1 aliphatic rings. The van der Waals surface area contributed by atoms with Gasteiger partial charge in [0.25, 0.3) is 0 Å². The summed E-state index contributed by atoms with van der Waals surface area (Å²) in [6.45, 7) is 6.78. The highest BCUT2D eigenvalue weighted by Crippen LogP contribution is 2.28. The number of aryl methyl sites for hydroxylation is 1. The van der Waals surface area contributed by atoms with Crippen molar-refractivity contribution in [2.75, 3.05) is 0 Å². The van der Waals surface area contributed by atoms with E-state index in [1.54, 1.807) is 0 Å². The van der Waals surface area contributed by atoms with E-state index in [1.165, 1.54) is 56.1 Å². The fraction of sp³-hybridized carbons (Fsp3) is 0.684. The van der Waals surface area contributed by atoms with Crippen molar-refractivity contribution in [2.24, 2.45) is 5.92 Å². The van der Waals surface area contributed by atoms with Gasteiger partial charge in [0.2, 0.25) is 0 Å². The van der Waals surface area contributed by atoms with Gasteiger partial charge in [0.1, 0.15) is 0 Å². The largest absolute Gasteiger partial charge is 0.307 e. The lowest BCUT2D eigenvalue weighted by Crippen LogP contribution is -2.31. The quantitative estimate of drug-likeness (QED) is 0.709. The van der Waals surface area contributed by atoms with E-state index >= 15 is 0 Å². The van der Waals surface area contributed by atoms with Crippen LogP contribution in [0, 0.1) is 12.8 Å². The molecule has 0 heterocycles. The zero-order valence-corrected chi connectivity index (χ0v) is 13.5. The maximum Gasteiger partial charge on any atom is 0.0294 e. The Balaban J connectivity index is 1.85. The van der Waals surface area contributed by atoms with Gasteiger partial charge in [-0.15, -0.1) is 0 Å². The van der Waals surface area contributed by atoms with Crippen LogP contribution in [-0.4, -0.2) is 6.04 Å². The van der Waals surface area contributed by atoms with Crippen molar-refractivity contribution in [3.05, 3.63) is 35.4 Å². The van der Waals surface area contributed by atoms with Crippen molar-refractivity contribution in [1.82, 2.24) is 5.32 Å². The monoisotopic (exact) mass is 273 g/mol. The molecule has 3 unspecified atom stereocenters. The average molecular weight is 273 g/mol. The highest BCUT2D eigenvalue weighted by molar-refractivity contribution is 5.23. The van der Waals surface area contributed by atoms with Crippen molar-refractivity contribution >= 4 is 0 Å². The van der Waals surface area contributed by atoms with Gasteiger partial charge in [-0.1, -0.05) is 62.4 Å². The Morgan fingerprint density at radius 1 is 1.10 bits per heavy atom. The molecule has 1 saturated carbocycles. The minimum absolute atomic E-state index is 0.475. The minimum Gasteiger partial charge on any atom is -0.307 e. The number of hydrogen-bond donors (Lipinski definition) is 1. The van der Waals surface area contributed by atoms with E-state index in [0.717, 1.165) is 5.92 Å². The van der Waals surface area contributed by atoms with E-state index < -0.39 is 0 Å². The second-order valence-electron chi connectivity index (χ2n) is 6.66. The molecule has 1 aliphatic carbocycles. The van der Waals surface area contributed by atoms with Crippen LogP contribution < -0.4 is 5.32 Å². The molecular weight excluding hydrogens is 242 g/mol. The van der Waals surface area contributed by atoms with Crippen LogP contribution in [0.4, 0.5) is 0 Å². The van der Waals surface area contributed by atoms with Crippen LogP contribution in [0.1, 0.15) is 76.0 Å². The molecular formula is C19H31N. The zero-order chi connectivity index (χ0) is 14.4. The molecule has 20 heavy (non-hydrogen) atoms. The van der Waals surface area contributed by atoms with Crippen LogP contribution in [0.25, 0.3) is 0 Å². The number of nitrogens with one attached hydrogen (secondary N) is 1. The Bertz CT molecular complexity index is 381. The van der Waals surface area contributed by atoms with E-state index in [4.69, 9.17) is 0 Å². The topological polar surface area (TPSA) is 12.0 Å². The molecule has 1 aromatic carbocycles. The van der Waals surface area contributed by atoms with Crippen LogP contribution in [0.5, 0.6) is 0 Å². The van der Waals surface area contributed by atoms with Gasteiger partial charge < -0.3 is 5.32 Å². The summed E-state index contributed by atoms with van der Waals surface area (Å²) in [4.78, 5) is 0. The normalized spacial score (nSPS) is 25.1. The standard InChI is InChI=1S/C19H31N/c1-4-6-17-7-5-8-19(14-11-17)20-16(3)18-12-9-15(2)10-13-18/h9-10,12-13,16-17,19-20H,4-8,11,14H2,1-3H3. The molecule has 2 rings (SSSR count). The Hall–Kier alpha value is -0.820. The summed E-state index contributed by atoms with van der Waals surface area (Å²) in [7, 11) is 0. The predicted octanol–water partition coefficient (Wildman–Crippen LogP) is 5.39. The molecule has 0 bridgehead atoms. The summed E-state index contributed by atoms with van der Waals surface area (Å²) >= 11 is 0. The fourth-order valence-electron chi connectivity index (χ4n) is 3.55. The predicted molar refractivity (Wildman–Crippen MR) is 88.0 cm³/mol. The summed E-state index contributed by atoms with van der Waals surface area (Å²) < 4.78 is 0. The van der Waals surface area contributed by atoms with E-state index in [-0.39, 0.29) is 0 Å². The lowest BCUT2D eigenvalue weighted by molar-refractivity contribution is 0.393. The first-order valence-electron chi connectivity index (χ1n) is 8.51. The van der Waals surface area contributed by atoms with Crippen LogP contribution in [0.15, 0.2) is 24.3 Å². The fourth-order valence-corrected chi connectivity index (χ4v) is 3.55. The third kappa shape index (κ3) is 4.63. The summed E-state index contributed by atoms with van der Waals surface area (Å²) in [5.74, 6) is 0.987. The Kier molecular flexibility index (Phi) is 6.09. The summed E-state index contributed by atoms with van der Waals surface area (Å²) in [6.07, 6.45) is 9.78. The molecule has 0 amide bonds. The molecule has 1 heteroatoms. The van der Waals surface area contributed by atoms with Gasteiger partial charge >= 0.3 is 0 Å². The lowest BCUT2D eigenvalue weighted by Gasteiger charge is -2.22. The van der Waals surface area contributed by atoms with E-state index in [2.05, 4.69) is 50.4 Å².